The first-order valence-corrected chi connectivity index (χ1v) is 28.4. The normalized spacial score (nSPS) is 20.3. The van der Waals surface area contributed by atoms with E-state index in [1.165, 1.54) is 25.7 Å². The molecule has 9 heteroatoms. The molecule has 0 bridgehead atoms. The van der Waals surface area contributed by atoms with E-state index < -0.39 is 49.5 Å². The molecule has 7 unspecified atom stereocenters. The van der Waals surface area contributed by atoms with E-state index in [1.807, 2.05) is 6.08 Å². The highest BCUT2D eigenvalue weighted by Gasteiger charge is 2.44. The average molecular weight is 1020 g/mol. The summed E-state index contributed by atoms with van der Waals surface area (Å²) < 4.78 is 11.2. The molecule has 414 valence electrons. The fourth-order valence-electron chi connectivity index (χ4n) is 7.56. The second-order valence-corrected chi connectivity index (χ2v) is 18.6. The third kappa shape index (κ3) is 40.9. The van der Waals surface area contributed by atoms with E-state index in [2.05, 4.69) is 177 Å². The van der Waals surface area contributed by atoms with Crippen molar-refractivity contribution in [2.75, 3.05) is 13.2 Å². The standard InChI is InChI=1S/C65H101NO8/c1-3-5-7-9-11-13-15-16-17-18-19-20-21-22-23-24-25-26-27-28-29-30-31-32-33-34-35-36-37-38-39-40-41-42-43-44-45-47-49-51-53-55-61(69)66-58(57-73-65-64(72)63(71)62(70)60(56-67)74-65)59(68)54-52-50-48-46-14-12-10-8-6-4-2/h5,7,11,13-14,16-17,19-20,22-23,25-26,28-29,31-32,34-35,37-38,40-41,43-44,46,52,54,58-60,62-65,67-68,70-72H,3-4,6,8-10,12,15,18,21,24,27,30,33,36,39,42,45,47-51,53,55-57H2,1-2H3,(H,66,69)/b7-5-,13-11-,17-16-,20-19-,23-22-,26-25-,29-28-,32-31-,35-34-,38-37-,41-40-,44-43-,46-14+,54-52+. The predicted octanol–water partition coefficient (Wildman–Crippen LogP) is 14.2. The van der Waals surface area contributed by atoms with E-state index in [0.29, 0.717) is 12.8 Å². The zero-order valence-corrected chi connectivity index (χ0v) is 45.8. The van der Waals surface area contributed by atoms with Gasteiger partial charge in [0.25, 0.3) is 0 Å². The van der Waals surface area contributed by atoms with Crippen LogP contribution < -0.4 is 5.32 Å². The first-order valence-electron chi connectivity index (χ1n) is 28.4. The number of allylic oxidation sites excluding steroid dienone is 27. The summed E-state index contributed by atoms with van der Waals surface area (Å²) in [7, 11) is 0. The third-order valence-electron chi connectivity index (χ3n) is 12.0. The molecule has 1 fully saturated rings. The Bertz CT molecular complexity index is 1760. The monoisotopic (exact) mass is 1020 g/mol. The van der Waals surface area contributed by atoms with E-state index in [0.717, 1.165) is 122 Å². The molecule has 0 spiro atoms. The van der Waals surface area contributed by atoms with Crippen LogP contribution in [-0.4, -0.2) is 87.5 Å². The summed E-state index contributed by atoms with van der Waals surface area (Å²) in [6.45, 7) is 3.56. The van der Waals surface area contributed by atoms with Gasteiger partial charge in [0.15, 0.2) is 6.29 Å². The molecule has 1 saturated heterocycles. The highest BCUT2D eigenvalue weighted by molar-refractivity contribution is 5.76. The van der Waals surface area contributed by atoms with Gasteiger partial charge in [0, 0.05) is 6.42 Å². The Kier molecular flexibility index (Phi) is 47.5. The number of carbonyl (C=O) groups excluding carboxylic acids is 1. The molecule has 1 rings (SSSR count). The highest BCUT2D eigenvalue weighted by Crippen LogP contribution is 2.22. The number of hydrogen-bond donors (Lipinski definition) is 6. The number of unbranched alkanes of at least 4 members (excludes halogenated alkanes) is 9. The van der Waals surface area contributed by atoms with Gasteiger partial charge in [-0.1, -0.05) is 216 Å². The lowest BCUT2D eigenvalue weighted by Crippen LogP contribution is -2.60. The summed E-state index contributed by atoms with van der Waals surface area (Å²) in [6.07, 6.45) is 77.2. The van der Waals surface area contributed by atoms with Crippen LogP contribution >= 0.6 is 0 Å². The first kappa shape index (κ1) is 67.6. The smallest absolute Gasteiger partial charge is 0.220 e. The zero-order chi connectivity index (χ0) is 53.6. The van der Waals surface area contributed by atoms with E-state index in [4.69, 9.17) is 9.47 Å². The summed E-state index contributed by atoms with van der Waals surface area (Å²) in [4.78, 5) is 13.0. The number of carbonyl (C=O) groups is 1. The Morgan fingerprint density at radius 1 is 0.473 bits per heavy atom. The van der Waals surface area contributed by atoms with E-state index in [9.17, 15) is 30.3 Å². The molecule has 6 N–H and O–H groups in total. The van der Waals surface area contributed by atoms with Gasteiger partial charge in [-0.25, -0.2) is 0 Å². The molecular formula is C65H101NO8. The number of amides is 1. The van der Waals surface area contributed by atoms with Crippen LogP contribution in [0.25, 0.3) is 0 Å². The van der Waals surface area contributed by atoms with Crippen LogP contribution in [0.5, 0.6) is 0 Å². The molecule has 1 amide bonds. The van der Waals surface area contributed by atoms with Gasteiger partial charge in [0.05, 0.1) is 25.4 Å². The van der Waals surface area contributed by atoms with Gasteiger partial charge in [-0.3, -0.25) is 4.79 Å². The number of hydrogen-bond acceptors (Lipinski definition) is 8. The number of nitrogens with one attached hydrogen (secondary N) is 1. The van der Waals surface area contributed by atoms with Crippen LogP contribution in [0, 0.1) is 0 Å². The summed E-state index contributed by atoms with van der Waals surface area (Å²) in [5, 5.41) is 54.2. The van der Waals surface area contributed by atoms with E-state index in [-0.39, 0.29) is 12.5 Å². The molecule has 1 aliphatic rings. The molecule has 7 atom stereocenters. The van der Waals surface area contributed by atoms with Crippen LogP contribution in [0.4, 0.5) is 0 Å². The maximum absolute atomic E-state index is 13.0. The van der Waals surface area contributed by atoms with Crippen molar-refractivity contribution in [2.24, 2.45) is 0 Å². The molecule has 0 saturated carbocycles. The molecule has 74 heavy (non-hydrogen) atoms. The zero-order valence-electron chi connectivity index (χ0n) is 45.8. The van der Waals surface area contributed by atoms with Crippen molar-refractivity contribution in [3.63, 3.8) is 0 Å². The SMILES string of the molecule is CC/C=C\C/C=C\C/C=C\C/C=C\C/C=C\C/C=C\C/C=C\C/C=C\C/C=C\C/C=C\C/C=C\C/C=C\CCCCCCC(=O)NC(COC1OC(CO)C(O)C(O)C1O)C(O)/C=C/CC/C=C/CCCCCC. The number of aliphatic hydroxyl groups excluding tert-OH is 5. The van der Waals surface area contributed by atoms with Crippen molar-refractivity contribution < 1.29 is 39.8 Å². The molecule has 1 heterocycles. The molecule has 0 aromatic carbocycles. The fraction of sp³-hybridized carbons (Fsp3) is 0.554. The summed E-state index contributed by atoms with van der Waals surface area (Å²) >= 11 is 0. The minimum absolute atomic E-state index is 0.222. The highest BCUT2D eigenvalue weighted by atomic mass is 16.7. The van der Waals surface area contributed by atoms with Gasteiger partial charge in [0.1, 0.15) is 24.4 Å². The van der Waals surface area contributed by atoms with Crippen molar-refractivity contribution in [1.29, 1.82) is 0 Å². The molecule has 0 aromatic heterocycles. The Morgan fingerprint density at radius 3 is 1.28 bits per heavy atom. The molecule has 0 aromatic rings. The fourth-order valence-corrected chi connectivity index (χ4v) is 7.56. The minimum atomic E-state index is -1.59. The minimum Gasteiger partial charge on any atom is -0.394 e. The van der Waals surface area contributed by atoms with Crippen molar-refractivity contribution in [2.45, 2.75) is 217 Å². The van der Waals surface area contributed by atoms with Crippen LogP contribution in [0.3, 0.4) is 0 Å². The number of ether oxygens (including phenoxy) is 2. The van der Waals surface area contributed by atoms with Crippen LogP contribution in [0.2, 0.25) is 0 Å². The Labute approximate surface area is 449 Å². The maximum Gasteiger partial charge on any atom is 0.220 e. The summed E-state index contributed by atoms with van der Waals surface area (Å²) in [5.74, 6) is -0.222. The van der Waals surface area contributed by atoms with Crippen LogP contribution in [-0.2, 0) is 14.3 Å². The second-order valence-electron chi connectivity index (χ2n) is 18.6. The largest absolute Gasteiger partial charge is 0.394 e. The van der Waals surface area contributed by atoms with Gasteiger partial charge in [-0.2, -0.15) is 0 Å². The average Bonchev–Trinajstić information content (AvgIpc) is 3.40. The van der Waals surface area contributed by atoms with E-state index in [1.54, 1.807) is 6.08 Å². The Morgan fingerprint density at radius 2 is 0.851 bits per heavy atom. The van der Waals surface area contributed by atoms with E-state index >= 15 is 0 Å². The maximum atomic E-state index is 13.0. The topological polar surface area (TPSA) is 149 Å². The quantitative estimate of drug-likeness (QED) is 0.0261. The first-order chi connectivity index (χ1) is 36.3. The van der Waals surface area contributed by atoms with Crippen molar-refractivity contribution >= 4 is 5.91 Å². The van der Waals surface area contributed by atoms with Crippen LogP contribution in [0.1, 0.15) is 174 Å². The lowest BCUT2D eigenvalue weighted by atomic mass is 9.99. The number of rotatable bonds is 45. The van der Waals surface area contributed by atoms with Gasteiger partial charge < -0.3 is 40.3 Å². The molecule has 1 aliphatic heterocycles. The van der Waals surface area contributed by atoms with Gasteiger partial charge in [0.2, 0.25) is 5.91 Å². The van der Waals surface area contributed by atoms with Crippen molar-refractivity contribution in [1.82, 2.24) is 5.32 Å². The van der Waals surface area contributed by atoms with Gasteiger partial charge in [-0.15, -0.1) is 0 Å². The van der Waals surface area contributed by atoms with Gasteiger partial charge >= 0.3 is 0 Å². The molecule has 9 nitrogen and oxygen atoms in total. The predicted molar refractivity (Wildman–Crippen MR) is 312 cm³/mol. The lowest BCUT2D eigenvalue weighted by molar-refractivity contribution is -0.302. The van der Waals surface area contributed by atoms with Gasteiger partial charge in [-0.05, 0) is 122 Å². The molecule has 0 radical (unpaired) electrons. The summed E-state index contributed by atoms with van der Waals surface area (Å²) in [6, 6.07) is -0.846. The van der Waals surface area contributed by atoms with Crippen molar-refractivity contribution in [3.8, 4) is 0 Å². The third-order valence-corrected chi connectivity index (χ3v) is 12.0. The number of aliphatic hydroxyl groups is 5. The molecular weight excluding hydrogens is 923 g/mol. The summed E-state index contributed by atoms with van der Waals surface area (Å²) in [5.41, 5.74) is 0. The van der Waals surface area contributed by atoms with Crippen molar-refractivity contribution in [3.05, 3.63) is 170 Å². The van der Waals surface area contributed by atoms with Crippen LogP contribution in [0.15, 0.2) is 170 Å². The Balaban J connectivity index is 2.18. The Hall–Kier alpha value is -4.45. The molecule has 0 aliphatic carbocycles. The second kappa shape index (κ2) is 52.0. The lowest BCUT2D eigenvalue weighted by Gasteiger charge is -2.40.